The molecular weight excluding hydrogens is 432 g/mol. The molecule has 2 N–H and O–H groups in total. The van der Waals surface area contributed by atoms with E-state index in [9.17, 15) is 14.4 Å². The van der Waals surface area contributed by atoms with Gasteiger partial charge in [-0.25, -0.2) is 4.79 Å². The molecule has 0 radical (unpaired) electrons. The second-order valence-electron chi connectivity index (χ2n) is 8.08. The second kappa shape index (κ2) is 9.89. The van der Waals surface area contributed by atoms with Crippen LogP contribution in [0.5, 0.6) is 0 Å². The van der Waals surface area contributed by atoms with Crippen molar-refractivity contribution in [2.45, 2.75) is 23.5 Å². The number of esters is 2. The lowest BCUT2D eigenvalue weighted by molar-refractivity contribution is -0.150. The van der Waals surface area contributed by atoms with E-state index in [4.69, 9.17) is 9.47 Å². The summed E-state index contributed by atoms with van der Waals surface area (Å²) in [5.74, 6) is -2.49. The van der Waals surface area contributed by atoms with Gasteiger partial charge in [0.05, 0.1) is 20.3 Å². The number of nitrogens with one attached hydrogen (secondary N) is 2. The molecule has 3 aromatic carbocycles. The van der Waals surface area contributed by atoms with Crippen LogP contribution in [0.2, 0.25) is 0 Å². The number of ether oxygens (including phenoxy) is 2. The Bertz CT molecular complexity index is 1150. The van der Waals surface area contributed by atoms with Crippen LogP contribution in [-0.4, -0.2) is 43.6 Å². The van der Waals surface area contributed by atoms with Crippen molar-refractivity contribution in [3.63, 3.8) is 0 Å². The molecule has 4 rings (SSSR count). The fraction of sp³-hybridized carbons (Fsp3) is 0.222. The van der Waals surface area contributed by atoms with E-state index in [1.165, 1.54) is 14.2 Å². The molecule has 0 spiro atoms. The molecule has 4 unspecified atom stereocenters. The minimum Gasteiger partial charge on any atom is -0.468 e. The lowest BCUT2D eigenvalue weighted by Gasteiger charge is -2.38. The summed E-state index contributed by atoms with van der Waals surface area (Å²) in [5.41, 5.74) is 0.130. The first-order chi connectivity index (χ1) is 16.5. The lowest BCUT2D eigenvalue weighted by atomic mass is 9.73. The fourth-order valence-electron chi connectivity index (χ4n) is 4.77. The first kappa shape index (κ1) is 23.2. The van der Waals surface area contributed by atoms with Crippen molar-refractivity contribution in [2.75, 3.05) is 14.2 Å². The van der Waals surface area contributed by atoms with Gasteiger partial charge in [0.2, 0.25) is 0 Å². The van der Waals surface area contributed by atoms with Crippen LogP contribution in [0.15, 0.2) is 91.0 Å². The Labute approximate surface area is 198 Å². The molecule has 7 heteroatoms. The molecule has 0 saturated carbocycles. The Morgan fingerprint density at radius 1 is 0.765 bits per heavy atom. The quantitative estimate of drug-likeness (QED) is 0.552. The predicted molar refractivity (Wildman–Crippen MR) is 126 cm³/mol. The molecule has 1 fully saturated rings. The monoisotopic (exact) mass is 458 g/mol. The first-order valence-electron chi connectivity index (χ1n) is 10.9. The molecule has 1 amide bonds. The van der Waals surface area contributed by atoms with Crippen molar-refractivity contribution in [2.24, 2.45) is 0 Å². The van der Waals surface area contributed by atoms with Gasteiger partial charge in [0, 0.05) is 11.5 Å². The summed E-state index contributed by atoms with van der Waals surface area (Å²) >= 11 is 0. The molecule has 34 heavy (non-hydrogen) atoms. The Morgan fingerprint density at radius 3 is 1.82 bits per heavy atom. The van der Waals surface area contributed by atoms with E-state index in [0.29, 0.717) is 16.7 Å². The highest BCUT2D eigenvalue weighted by molar-refractivity contribution is 6.00. The Morgan fingerprint density at radius 2 is 1.29 bits per heavy atom. The Balaban J connectivity index is 1.96. The maximum Gasteiger partial charge on any atom is 0.334 e. The first-order valence-corrected chi connectivity index (χ1v) is 10.9. The average molecular weight is 459 g/mol. The molecule has 1 aliphatic rings. The summed E-state index contributed by atoms with van der Waals surface area (Å²) in [5, 5.41) is 6.26. The minimum atomic E-state index is -1.65. The highest BCUT2D eigenvalue weighted by Crippen LogP contribution is 2.48. The number of carbonyl (C=O) groups excluding carboxylic acids is 3. The van der Waals surface area contributed by atoms with E-state index in [-0.39, 0.29) is 0 Å². The third-order valence-corrected chi connectivity index (χ3v) is 6.25. The van der Waals surface area contributed by atoms with Gasteiger partial charge in [0.25, 0.3) is 5.91 Å². The fourth-order valence-corrected chi connectivity index (χ4v) is 4.77. The zero-order chi connectivity index (χ0) is 24.1. The van der Waals surface area contributed by atoms with Crippen LogP contribution in [0, 0.1) is 0 Å². The lowest BCUT2D eigenvalue weighted by Crippen LogP contribution is -2.61. The number of methoxy groups -OCH3 is 2. The van der Waals surface area contributed by atoms with E-state index in [1.807, 2.05) is 60.7 Å². The molecule has 1 aliphatic heterocycles. The summed E-state index contributed by atoms with van der Waals surface area (Å²) in [6.07, 6.45) is 0. The van der Waals surface area contributed by atoms with Gasteiger partial charge in [0.1, 0.15) is 6.04 Å². The number of benzene rings is 3. The van der Waals surface area contributed by atoms with E-state index in [1.54, 1.807) is 30.3 Å². The molecule has 1 saturated heterocycles. The molecule has 4 atom stereocenters. The predicted octanol–water partition coefficient (Wildman–Crippen LogP) is 3.00. The standard InChI is InChI=1S/C27H26N2O5/c1-33-25(31)22-21(18-12-6-3-7-13-18)27(26(32)34-2,23(28-22)19-14-8-4-9-15-19)29-24(30)20-16-10-5-11-17-20/h3-17,21-23,28H,1-2H3,(H,29,30). The zero-order valence-electron chi connectivity index (χ0n) is 18.9. The van der Waals surface area contributed by atoms with Gasteiger partial charge in [-0.3, -0.25) is 14.9 Å². The summed E-state index contributed by atoms with van der Waals surface area (Å²) in [6.45, 7) is 0. The van der Waals surface area contributed by atoms with Gasteiger partial charge in [-0.15, -0.1) is 0 Å². The van der Waals surface area contributed by atoms with Crippen molar-refractivity contribution in [3.05, 3.63) is 108 Å². The van der Waals surface area contributed by atoms with Crippen LogP contribution in [0.3, 0.4) is 0 Å². The van der Waals surface area contributed by atoms with Crippen molar-refractivity contribution < 1.29 is 23.9 Å². The van der Waals surface area contributed by atoms with Crippen LogP contribution in [0.25, 0.3) is 0 Å². The van der Waals surface area contributed by atoms with Crippen LogP contribution >= 0.6 is 0 Å². The van der Waals surface area contributed by atoms with Crippen LogP contribution in [-0.2, 0) is 19.1 Å². The molecule has 0 bridgehead atoms. The highest BCUT2D eigenvalue weighted by atomic mass is 16.5. The molecule has 174 valence electrons. The molecule has 1 heterocycles. The number of hydrogen-bond donors (Lipinski definition) is 2. The largest absolute Gasteiger partial charge is 0.468 e. The van der Waals surface area contributed by atoms with Gasteiger partial charge in [-0.05, 0) is 23.3 Å². The summed E-state index contributed by atoms with van der Waals surface area (Å²) in [6, 6.07) is 25.2. The Hall–Kier alpha value is -3.97. The molecule has 7 nitrogen and oxygen atoms in total. The molecule has 0 aliphatic carbocycles. The van der Waals surface area contributed by atoms with Crippen molar-refractivity contribution in [1.82, 2.24) is 10.6 Å². The topological polar surface area (TPSA) is 93.7 Å². The highest BCUT2D eigenvalue weighted by Gasteiger charge is 2.64. The molecular formula is C27H26N2O5. The van der Waals surface area contributed by atoms with Crippen LogP contribution in [0.1, 0.15) is 33.4 Å². The van der Waals surface area contributed by atoms with Crippen LogP contribution in [0.4, 0.5) is 0 Å². The number of rotatable bonds is 6. The number of hydrogen-bond acceptors (Lipinski definition) is 6. The third-order valence-electron chi connectivity index (χ3n) is 6.25. The molecule has 0 aromatic heterocycles. The van der Waals surface area contributed by atoms with Gasteiger partial charge in [0.15, 0.2) is 5.54 Å². The van der Waals surface area contributed by atoms with Crippen molar-refractivity contribution in [1.29, 1.82) is 0 Å². The number of amides is 1. The molecule has 3 aromatic rings. The second-order valence-corrected chi connectivity index (χ2v) is 8.08. The summed E-state index contributed by atoms with van der Waals surface area (Å²) in [7, 11) is 2.57. The van der Waals surface area contributed by atoms with Gasteiger partial charge >= 0.3 is 11.9 Å². The van der Waals surface area contributed by atoms with E-state index in [0.717, 1.165) is 0 Å². The maximum atomic E-state index is 13.7. The average Bonchev–Trinajstić information content (AvgIpc) is 3.24. The Kier molecular flexibility index (Phi) is 6.75. The summed E-state index contributed by atoms with van der Waals surface area (Å²) < 4.78 is 10.4. The van der Waals surface area contributed by atoms with E-state index < -0.39 is 41.4 Å². The van der Waals surface area contributed by atoms with Crippen molar-refractivity contribution >= 4 is 17.8 Å². The van der Waals surface area contributed by atoms with Crippen LogP contribution < -0.4 is 10.6 Å². The van der Waals surface area contributed by atoms with E-state index in [2.05, 4.69) is 10.6 Å². The van der Waals surface area contributed by atoms with Gasteiger partial charge in [-0.1, -0.05) is 78.9 Å². The SMILES string of the molecule is COC(=O)C1NC(c2ccccc2)C(NC(=O)c2ccccc2)(C(=O)OC)C1c1ccccc1. The van der Waals surface area contributed by atoms with E-state index >= 15 is 0 Å². The van der Waals surface area contributed by atoms with Gasteiger partial charge < -0.3 is 14.8 Å². The van der Waals surface area contributed by atoms with Crippen molar-refractivity contribution in [3.8, 4) is 0 Å². The summed E-state index contributed by atoms with van der Waals surface area (Å²) in [4.78, 5) is 40.1. The maximum absolute atomic E-state index is 13.7. The van der Waals surface area contributed by atoms with Gasteiger partial charge in [-0.2, -0.15) is 0 Å². The minimum absolute atomic E-state index is 0.380. The number of carbonyl (C=O) groups is 3. The normalized spacial score (nSPS) is 23.6. The zero-order valence-corrected chi connectivity index (χ0v) is 18.9. The third kappa shape index (κ3) is 4.06. The smallest absolute Gasteiger partial charge is 0.334 e.